The second kappa shape index (κ2) is 10.1. The number of aliphatic carboxylic acids is 2. The SMILES string of the molecule is CC1Cc2ccccc2N1C(=O)CN1CCN(c2ccccc2)CC1.O=C(O)C(=O)O. The Morgan fingerprint density at radius 1 is 0.871 bits per heavy atom. The summed E-state index contributed by atoms with van der Waals surface area (Å²) in [6, 6.07) is 19.1. The molecule has 1 unspecified atom stereocenters. The maximum atomic E-state index is 12.9. The van der Waals surface area contributed by atoms with Crippen LogP contribution in [0, 0.1) is 0 Å². The van der Waals surface area contributed by atoms with E-state index in [-0.39, 0.29) is 11.9 Å². The van der Waals surface area contributed by atoms with Crippen molar-refractivity contribution in [3.63, 3.8) is 0 Å². The molecule has 1 saturated heterocycles. The van der Waals surface area contributed by atoms with E-state index in [4.69, 9.17) is 19.8 Å². The van der Waals surface area contributed by atoms with Gasteiger partial charge in [0.15, 0.2) is 0 Å². The Balaban J connectivity index is 0.000000401. The number of anilines is 2. The summed E-state index contributed by atoms with van der Waals surface area (Å²) in [6.45, 7) is 6.48. The van der Waals surface area contributed by atoms with Crippen LogP contribution in [0.1, 0.15) is 12.5 Å². The van der Waals surface area contributed by atoms with Crippen molar-refractivity contribution < 1.29 is 24.6 Å². The molecule has 0 spiro atoms. The number of amides is 1. The molecule has 164 valence electrons. The van der Waals surface area contributed by atoms with E-state index in [9.17, 15) is 4.79 Å². The summed E-state index contributed by atoms with van der Waals surface area (Å²) in [5.74, 6) is -3.42. The minimum absolute atomic E-state index is 0.227. The van der Waals surface area contributed by atoms with E-state index in [2.05, 4.69) is 59.2 Å². The van der Waals surface area contributed by atoms with Crippen molar-refractivity contribution in [2.24, 2.45) is 0 Å². The van der Waals surface area contributed by atoms with Gasteiger partial charge in [0.1, 0.15) is 0 Å². The zero-order valence-corrected chi connectivity index (χ0v) is 17.5. The van der Waals surface area contributed by atoms with E-state index in [1.54, 1.807) is 0 Å². The van der Waals surface area contributed by atoms with Crippen molar-refractivity contribution in [1.29, 1.82) is 0 Å². The number of hydrogen-bond acceptors (Lipinski definition) is 5. The van der Waals surface area contributed by atoms with Gasteiger partial charge < -0.3 is 20.0 Å². The van der Waals surface area contributed by atoms with Crippen molar-refractivity contribution in [2.45, 2.75) is 19.4 Å². The average molecular weight is 425 g/mol. The molecular weight excluding hydrogens is 398 g/mol. The maximum absolute atomic E-state index is 12.9. The first-order valence-corrected chi connectivity index (χ1v) is 10.3. The van der Waals surface area contributed by atoms with Crippen LogP contribution in [0.5, 0.6) is 0 Å². The molecular formula is C23H27N3O5. The molecule has 0 radical (unpaired) electrons. The van der Waals surface area contributed by atoms with Crippen LogP contribution < -0.4 is 9.80 Å². The molecule has 1 atom stereocenters. The molecule has 2 heterocycles. The second-order valence-corrected chi connectivity index (χ2v) is 7.65. The third kappa shape index (κ3) is 5.61. The summed E-state index contributed by atoms with van der Waals surface area (Å²) in [6.07, 6.45) is 0.962. The molecule has 1 fully saturated rings. The van der Waals surface area contributed by atoms with Crippen LogP contribution in [0.3, 0.4) is 0 Å². The molecule has 2 aromatic carbocycles. The molecule has 8 nitrogen and oxygen atoms in total. The lowest BCUT2D eigenvalue weighted by Gasteiger charge is -2.36. The molecule has 2 aliphatic heterocycles. The number of carboxylic acids is 2. The van der Waals surface area contributed by atoms with Crippen LogP contribution in [0.25, 0.3) is 0 Å². The van der Waals surface area contributed by atoms with Crippen LogP contribution in [-0.4, -0.2) is 71.7 Å². The zero-order valence-electron chi connectivity index (χ0n) is 17.5. The number of para-hydroxylation sites is 2. The lowest BCUT2D eigenvalue weighted by molar-refractivity contribution is -0.159. The summed E-state index contributed by atoms with van der Waals surface area (Å²) >= 11 is 0. The fourth-order valence-electron chi connectivity index (χ4n) is 4.02. The Labute approximate surface area is 181 Å². The second-order valence-electron chi connectivity index (χ2n) is 7.65. The molecule has 31 heavy (non-hydrogen) atoms. The minimum atomic E-state index is -1.82. The Bertz CT molecular complexity index is 914. The van der Waals surface area contributed by atoms with Gasteiger partial charge in [-0.05, 0) is 37.1 Å². The predicted octanol–water partition coefficient (Wildman–Crippen LogP) is 1.94. The number of carbonyl (C=O) groups excluding carboxylic acids is 1. The molecule has 0 bridgehead atoms. The van der Waals surface area contributed by atoms with Crippen molar-refractivity contribution in [3.05, 3.63) is 60.2 Å². The number of piperazine rings is 1. The Kier molecular flexibility index (Phi) is 7.25. The van der Waals surface area contributed by atoms with Crippen molar-refractivity contribution in [3.8, 4) is 0 Å². The zero-order chi connectivity index (χ0) is 22.4. The topological polar surface area (TPSA) is 101 Å². The van der Waals surface area contributed by atoms with Crippen LogP contribution in [0.2, 0.25) is 0 Å². The molecule has 2 aromatic rings. The van der Waals surface area contributed by atoms with Gasteiger partial charge in [-0.25, -0.2) is 9.59 Å². The molecule has 8 heteroatoms. The molecule has 1 amide bonds. The predicted molar refractivity (Wildman–Crippen MR) is 117 cm³/mol. The van der Waals surface area contributed by atoms with Gasteiger partial charge in [0.2, 0.25) is 5.91 Å². The van der Waals surface area contributed by atoms with Crippen molar-refractivity contribution in [2.75, 3.05) is 42.5 Å². The molecule has 0 aromatic heterocycles. The highest BCUT2D eigenvalue weighted by molar-refractivity contribution is 6.27. The third-order valence-electron chi connectivity index (χ3n) is 5.51. The molecule has 4 rings (SSSR count). The lowest BCUT2D eigenvalue weighted by atomic mass is 10.1. The maximum Gasteiger partial charge on any atom is 0.414 e. The van der Waals surface area contributed by atoms with Crippen LogP contribution in [0.4, 0.5) is 11.4 Å². The number of carbonyl (C=O) groups is 3. The Morgan fingerprint density at radius 3 is 2.06 bits per heavy atom. The summed E-state index contributed by atoms with van der Waals surface area (Å²) in [4.78, 5) is 37.8. The summed E-state index contributed by atoms with van der Waals surface area (Å²) in [7, 11) is 0. The van der Waals surface area contributed by atoms with Crippen molar-refractivity contribution in [1.82, 2.24) is 4.90 Å². The lowest BCUT2D eigenvalue weighted by Crippen LogP contribution is -2.51. The molecule has 2 N–H and O–H groups in total. The monoisotopic (exact) mass is 425 g/mol. The van der Waals surface area contributed by atoms with Gasteiger partial charge in [-0.15, -0.1) is 0 Å². The van der Waals surface area contributed by atoms with Crippen LogP contribution in [0.15, 0.2) is 54.6 Å². The standard InChI is InChI=1S/C21H25N3O.C2H2O4/c1-17-15-18-7-5-6-10-20(18)24(17)21(25)16-22-11-13-23(14-12-22)19-8-3-2-4-9-19;3-1(4)2(5)6/h2-10,17H,11-16H2,1H3;(H,3,4)(H,5,6). The van der Waals surface area contributed by atoms with Crippen LogP contribution in [-0.2, 0) is 20.8 Å². The van der Waals surface area contributed by atoms with Gasteiger partial charge >= 0.3 is 11.9 Å². The van der Waals surface area contributed by atoms with Gasteiger partial charge in [0.05, 0.1) is 6.54 Å². The quantitative estimate of drug-likeness (QED) is 0.725. The number of benzene rings is 2. The Morgan fingerprint density at radius 2 is 1.45 bits per heavy atom. The van der Waals surface area contributed by atoms with Gasteiger partial charge in [-0.3, -0.25) is 9.69 Å². The molecule has 2 aliphatic rings. The first kappa shape index (κ1) is 22.3. The number of nitrogens with zero attached hydrogens (tertiary/aromatic N) is 3. The third-order valence-corrected chi connectivity index (χ3v) is 5.51. The van der Waals surface area contributed by atoms with Crippen LogP contribution >= 0.6 is 0 Å². The number of rotatable bonds is 3. The van der Waals surface area contributed by atoms with E-state index in [0.29, 0.717) is 6.54 Å². The van der Waals surface area contributed by atoms with E-state index in [1.165, 1.54) is 11.3 Å². The average Bonchev–Trinajstić information content (AvgIpc) is 3.11. The number of carboxylic acid groups (broad SMARTS) is 2. The highest BCUT2D eigenvalue weighted by Crippen LogP contribution is 2.31. The van der Waals surface area contributed by atoms with Gasteiger partial charge in [-0.1, -0.05) is 36.4 Å². The Hall–Kier alpha value is -3.39. The smallest absolute Gasteiger partial charge is 0.414 e. The van der Waals surface area contributed by atoms with E-state index >= 15 is 0 Å². The van der Waals surface area contributed by atoms with Crippen molar-refractivity contribution >= 4 is 29.2 Å². The molecule has 0 saturated carbocycles. The van der Waals surface area contributed by atoms with Gasteiger partial charge in [-0.2, -0.15) is 0 Å². The van der Waals surface area contributed by atoms with E-state index in [0.717, 1.165) is 38.3 Å². The number of fused-ring (bicyclic) bond motifs is 1. The fraction of sp³-hybridized carbons (Fsp3) is 0.348. The van der Waals surface area contributed by atoms with E-state index in [1.807, 2.05) is 17.0 Å². The summed E-state index contributed by atoms with van der Waals surface area (Å²) in [5, 5.41) is 14.8. The first-order valence-electron chi connectivity index (χ1n) is 10.3. The van der Waals surface area contributed by atoms with Gasteiger partial charge in [0.25, 0.3) is 0 Å². The highest BCUT2D eigenvalue weighted by Gasteiger charge is 2.31. The summed E-state index contributed by atoms with van der Waals surface area (Å²) < 4.78 is 0. The minimum Gasteiger partial charge on any atom is -0.473 e. The van der Waals surface area contributed by atoms with Gasteiger partial charge in [0, 0.05) is 43.6 Å². The highest BCUT2D eigenvalue weighted by atomic mass is 16.4. The fourth-order valence-corrected chi connectivity index (χ4v) is 4.02. The first-order chi connectivity index (χ1) is 14.9. The van der Waals surface area contributed by atoms with E-state index < -0.39 is 11.9 Å². The molecule has 0 aliphatic carbocycles. The number of hydrogen-bond donors (Lipinski definition) is 2. The largest absolute Gasteiger partial charge is 0.473 e. The normalized spacial score (nSPS) is 18.0. The summed E-state index contributed by atoms with van der Waals surface area (Å²) in [5.41, 5.74) is 3.66.